The second kappa shape index (κ2) is 7.50. The van der Waals surface area contributed by atoms with E-state index in [1.54, 1.807) is 17.5 Å². The fraction of sp³-hybridized carbons (Fsp3) is 0.545. The van der Waals surface area contributed by atoms with Gasteiger partial charge in [-0.25, -0.2) is 13.1 Å². The van der Waals surface area contributed by atoms with Gasteiger partial charge in [-0.15, -0.1) is 11.3 Å². The average Bonchev–Trinajstić information content (AvgIpc) is 2.81. The molecule has 102 valence electrons. The summed E-state index contributed by atoms with van der Waals surface area (Å²) in [6.45, 7) is 0.396. The van der Waals surface area contributed by atoms with Crippen molar-refractivity contribution < 1.29 is 18.3 Å². The number of aliphatic carboxylic acids is 1. The van der Waals surface area contributed by atoms with Gasteiger partial charge in [0.05, 0.1) is 0 Å². The monoisotopic (exact) mass is 291 g/mol. The minimum Gasteiger partial charge on any atom is -0.481 e. The number of carboxylic acid groups (broad SMARTS) is 1. The maximum absolute atomic E-state index is 11.7. The number of sulfonamides is 1. The van der Waals surface area contributed by atoms with Gasteiger partial charge in [0.25, 0.3) is 0 Å². The molecule has 0 aromatic carbocycles. The van der Waals surface area contributed by atoms with Crippen LogP contribution >= 0.6 is 11.3 Å². The first-order valence-corrected chi connectivity index (χ1v) is 8.13. The van der Waals surface area contributed by atoms with Gasteiger partial charge in [0, 0.05) is 13.0 Å². The third kappa shape index (κ3) is 5.61. The van der Waals surface area contributed by atoms with Gasteiger partial charge in [-0.05, 0) is 24.3 Å². The summed E-state index contributed by atoms with van der Waals surface area (Å²) in [6, 6.07) is 3.27. The Labute approximate surface area is 111 Å². The standard InChI is InChI=1S/C11H17NO4S2/c13-10(14)6-3-1-2-4-8-12-18(15,16)11-7-5-9-17-11/h5,7,9,12H,1-4,6,8H2,(H,13,14). The van der Waals surface area contributed by atoms with Gasteiger partial charge in [-0.1, -0.05) is 18.9 Å². The number of nitrogens with one attached hydrogen (secondary N) is 1. The molecule has 0 aliphatic rings. The third-order valence-electron chi connectivity index (χ3n) is 2.37. The van der Waals surface area contributed by atoms with Crippen molar-refractivity contribution >= 4 is 27.3 Å². The minimum atomic E-state index is -3.35. The second-order valence-electron chi connectivity index (χ2n) is 3.89. The highest BCUT2D eigenvalue weighted by Crippen LogP contribution is 2.15. The molecule has 0 spiro atoms. The Morgan fingerprint density at radius 1 is 1.28 bits per heavy atom. The van der Waals surface area contributed by atoms with Crippen molar-refractivity contribution in [2.45, 2.75) is 36.3 Å². The van der Waals surface area contributed by atoms with Gasteiger partial charge in [0.2, 0.25) is 10.0 Å². The van der Waals surface area contributed by atoms with Crippen LogP contribution in [0.3, 0.4) is 0 Å². The Morgan fingerprint density at radius 2 is 2.00 bits per heavy atom. The summed E-state index contributed by atoms with van der Waals surface area (Å²) >= 11 is 1.19. The number of thiophene rings is 1. The van der Waals surface area contributed by atoms with E-state index in [-0.39, 0.29) is 6.42 Å². The molecule has 0 unspecified atom stereocenters. The molecule has 1 aromatic heterocycles. The number of unbranched alkanes of at least 4 members (excludes halogenated alkanes) is 3. The summed E-state index contributed by atoms with van der Waals surface area (Å²) in [7, 11) is -3.35. The number of hydrogen-bond acceptors (Lipinski definition) is 4. The molecule has 18 heavy (non-hydrogen) atoms. The summed E-state index contributed by atoms with van der Waals surface area (Å²) in [4.78, 5) is 10.3. The molecule has 0 saturated heterocycles. The number of hydrogen-bond donors (Lipinski definition) is 2. The summed E-state index contributed by atoms with van der Waals surface area (Å²) in [5, 5.41) is 10.2. The number of carboxylic acids is 1. The van der Waals surface area contributed by atoms with Crippen LogP contribution in [0.25, 0.3) is 0 Å². The molecular weight excluding hydrogens is 274 g/mol. The molecule has 0 amide bonds. The fourth-order valence-electron chi connectivity index (χ4n) is 1.45. The molecular formula is C11H17NO4S2. The van der Waals surface area contributed by atoms with E-state index in [1.165, 1.54) is 11.3 Å². The molecule has 0 aliphatic carbocycles. The van der Waals surface area contributed by atoms with E-state index in [0.29, 0.717) is 17.2 Å². The zero-order valence-corrected chi connectivity index (χ0v) is 11.6. The maximum atomic E-state index is 11.7. The first kappa shape index (κ1) is 15.1. The summed E-state index contributed by atoms with van der Waals surface area (Å²) in [5.41, 5.74) is 0. The zero-order valence-electron chi connectivity index (χ0n) is 9.96. The van der Waals surface area contributed by atoms with Gasteiger partial charge in [-0.2, -0.15) is 0 Å². The lowest BCUT2D eigenvalue weighted by Gasteiger charge is -2.04. The van der Waals surface area contributed by atoms with E-state index in [9.17, 15) is 13.2 Å². The summed E-state index contributed by atoms with van der Waals surface area (Å²) < 4.78 is 26.2. The second-order valence-corrected chi connectivity index (χ2v) is 6.83. The van der Waals surface area contributed by atoms with Crippen molar-refractivity contribution in [2.24, 2.45) is 0 Å². The van der Waals surface area contributed by atoms with Gasteiger partial charge < -0.3 is 5.11 Å². The molecule has 0 atom stereocenters. The highest BCUT2D eigenvalue weighted by atomic mass is 32.2. The first-order chi connectivity index (χ1) is 8.52. The van der Waals surface area contributed by atoms with Crippen molar-refractivity contribution in [3.8, 4) is 0 Å². The molecule has 0 saturated carbocycles. The Hall–Kier alpha value is -0.920. The maximum Gasteiger partial charge on any atom is 0.303 e. The molecule has 1 rings (SSSR count). The Morgan fingerprint density at radius 3 is 2.61 bits per heavy atom. The van der Waals surface area contributed by atoms with Crippen LogP contribution in [-0.2, 0) is 14.8 Å². The molecule has 1 heterocycles. The quantitative estimate of drug-likeness (QED) is 0.682. The van der Waals surface area contributed by atoms with E-state index >= 15 is 0 Å². The molecule has 2 N–H and O–H groups in total. The lowest BCUT2D eigenvalue weighted by atomic mass is 10.1. The minimum absolute atomic E-state index is 0.181. The first-order valence-electron chi connectivity index (χ1n) is 5.77. The predicted molar refractivity (Wildman–Crippen MR) is 70.2 cm³/mol. The highest BCUT2D eigenvalue weighted by molar-refractivity contribution is 7.91. The van der Waals surface area contributed by atoms with Gasteiger partial charge in [0.15, 0.2) is 0 Å². The summed E-state index contributed by atoms with van der Waals surface area (Å²) in [5.74, 6) is -0.784. The zero-order chi connectivity index (χ0) is 13.4. The molecule has 5 nitrogen and oxygen atoms in total. The van der Waals surface area contributed by atoms with E-state index in [2.05, 4.69) is 4.72 Å². The average molecular weight is 291 g/mol. The lowest BCUT2D eigenvalue weighted by Crippen LogP contribution is -2.23. The van der Waals surface area contributed by atoms with Crippen molar-refractivity contribution in [2.75, 3.05) is 6.54 Å². The number of rotatable bonds is 9. The fourth-order valence-corrected chi connectivity index (χ4v) is 3.56. The van der Waals surface area contributed by atoms with Crippen LogP contribution in [0.5, 0.6) is 0 Å². The van der Waals surface area contributed by atoms with Gasteiger partial charge in [0.1, 0.15) is 4.21 Å². The van der Waals surface area contributed by atoms with Crippen LogP contribution < -0.4 is 4.72 Å². The van der Waals surface area contributed by atoms with Crippen LogP contribution in [0.15, 0.2) is 21.7 Å². The van der Waals surface area contributed by atoms with Crippen molar-refractivity contribution in [3.05, 3.63) is 17.5 Å². The highest BCUT2D eigenvalue weighted by Gasteiger charge is 2.13. The van der Waals surface area contributed by atoms with Crippen LogP contribution in [0.2, 0.25) is 0 Å². The molecule has 0 fully saturated rings. The van der Waals surface area contributed by atoms with Crippen molar-refractivity contribution in [1.82, 2.24) is 4.72 Å². The Kier molecular flexibility index (Phi) is 6.31. The third-order valence-corrected chi connectivity index (χ3v) is 5.23. The largest absolute Gasteiger partial charge is 0.481 e. The van der Waals surface area contributed by atoms with Crippen LogP contribution in [0.4, 0.5) is 0 Å². The Bertz CT molecular complexity index is 453. The molecule has 0 radical (unpaired) electrons. The topological polar surface area (TPSA) is 83.5 Å². The van der Waals surface area contributed by atoms with Crippen molar-refractivity contribution in [1.29, 1.82) is 0 Å². The molecule has 1 aromatic rings. The number of carbonyl (C=O) groups is 1. The molecule has 0 aliphatic heterocycles. The van der Waals surface area contributed by atoms with Crippen molar-refractivity contribution in [3.63, 3.8) is 0 Å². The van der Waals surface area contributed by atoms with Crippen LogP contribution in [0.1, 0.15) is 32.1 Å². The smallest absolute Gasteiger partial charge is 0.303 e. The lowest BCUT2D eigenvalue weighted by molar-refractivity contribution is -0.137. The molecule has 7 heteroatoms. The van der Waals surface area contributed by atoms with E-state index in [0.717, 1.165) is 19.3 Å². The normalized spacial score (nSPS) is 11.6. The van der Waals surface area contributed by atoms with Gasteiger partial charge in [-0.3, -0.25) is 4.79 Å². The van der Waals surface area contributed by atoms with E-state index in [4.69, 9.17) is 5.11 Å². The van der Waals surface area contributed by atoms with E-state index in [1.807, 2.05) is 0 Å². The van der Waals surface area contributed by atoms with Crippen LogP contribution in [-0.4, -0.2) is 26.0 Å². The van der Waals surface area contributed by atoms with E-state index < -0.39 is 16.0 Å². The van der Waals surface area contributed by atoms with Crippen LogP contribution in [0, 0.1) is 0 Å². The predicted octanol–water partition coefficient (Wildman–Crippen LogP) is 2.06. The summed E-state index contributed by atoms with van der Waals surface area (Å²) in [6.07, 6.45) is 3.20. The molecule has 0 bridgehead atoms. The SMILES string of the molecule is O=C(O)CCCCCCNS(=O)(=O)c1cccs1. The Balaban J connectivity index is 2.13. The van der Waals surface area contributed by atoms with Gasteiger partial charge >= 0.3 is 5.97 Å².